The van der Waals surface area contributed by atoms with Crippen LogP contribution in [0.25, 0.3) is 10.9 Å². The fourth-order valence-electron chi connectivity index (χ4n) is 1.43. The van der Waals surface area contributed by atoms with Gasteiger partial charge >= 0.3 is 0 Å². The highest BCUT2D eigenvalue weighted by atomic mass is 35.5. The van der Waals surface area contributed by atoms with Crippen LogP contribution in [0.1, 0.15) is 17.4 Å². The second-order valence-corrected chi connectivity index (χ2v) is 4.05. The first-order valence-electron chi connectivity index (χ1n) is 4.98. The van der Waals surface area contributed by atoms with Crippen LogP contribution in [-0.2, 0) is 4.79 Å². The van der Waals surface area contributed by atoms with Gasteiger partial charge in [-0.3, -0.25) is 9.59 Å². The van der Waals surface area contributed by atoms with E-state index in [0.717, 1.165) is 10.9 Å². The lowest BCUT2D eigenvalue weighted by Crippen LogP contribution is -2.28. The number of pyridine rings is 1. The Kier molecular flexibility index (Phi) is 3.10. The Labute approximate surface area is 102 Å². The number of Topliss-reactive ketones (excluding diaryl/α,β-unsaturated/α-hetero) is 1. The third kappa shape index (κ3) is 2.62. The first-order valence-corrected chi connectivity index (χ1v) is 5.36. The van der Waals surface area contributed by atoms with Crippen molar-refractivity contribution >= 4 is 34.2 Å². The van der Waals surface area contributed by atoms with Gasteiger partial charge in [0.15, 0.2) is 0 Å². The number of rotatable bonds is 3. The molecule has 88 valence electrons. The average molecular weight is 252 g/mol. The maximum absolute atomic E-state index is 11.7. The molecule has 2 N–H and O–H groups in total. The number of amides is 1. The number of ketones is 1. The van der Waals surface area contributed by atoms with E-state index >= 15 is 0 Å². The van der Waals surface area contributed by atoms with Gasteiger partial charge in [-0.15, -0.1) is 0 Å². The van der Waals surface area contributed by atoms with Crippen LogP contribution in [0.2, 0.25) is 5.15 Å². The number of nitrogens with one attached hydrogen (secondary N) is 2. The highest BCUT2D eigenvalue weighted by Crippen LogP contribution is 2.17. The Morgan fingerprint density at radius 3 is 2.94 bits per heavy atom. The van der Waals surface area contributed by atoms with Crippen molar-refractivity contribution in [3.05, 3.63) is 29.2 Å². The van der Waals surface area contributed by atoms with E-state index in [4.69, 9.17) is 11.6 Å². The van der Waals surface area contributed by atoms with Gasteiger partial charge in [0.25, 0.3) is 5.91 Å². The van der Waals surface area contributed by atoms with Crippen LogP contribution in [0.4, 0.5) is 0 Å². The van der Waals surface area contributed by atoms with E-state index in [2.05, 4.69) is 15.3 Å². The lowest BCUT2D eigenvalue weighted by Gasteiger charge is -1.99. The van der Waals surface area contributed by atoms with Crippen LogP contribution in [0, 0.1) is 0 Å². The summed E-state index contributed by atoms with van der Waals surface area (Å²) in [7, 11) is 0. The molecule has 0 saturated heterocycles. The van der Waals surface area contributed by atoms with Crippen molar-refractivity contribution < 1.29 is 9.59 Å². The van der Waals surface area contributed by atoms with Crippen LogP contribution >= 0.6 is 11.6 Å². The number of carbonyl (C=O) groups is 2. The van der Waals surface area contributed by atoms with Crippen LogP contribution < -0.4 is 5.32 Å². The van der Waals surface area contributed by atoms with Crippen LogP contribution in [0.5, 0.6) is 0 Å². The molecule has 1 amide bonds. The van der Waals surface area contributed by atoms with Gasteiger partial charge in [0.1, 0.15) is 16.6 Å². The number of fused-ring (bicyclic) bond motifs is 1. The lowest BCUT2D eigenvalue weighted by molar-refractivity contribution is -0.116. The average Bonchev–Trinajstić information content (AvgIpc) is 2.68. The SMILES string of the molecule is CC(=O)CNC(=O)c1cc2cc(Cl)ncc2[nH]1. The minimum atomic E-state index is -0.326. The fraction of sp³-hybridized carbons (Fsp3) is 0.182. The van der Waals surface area contributed by atoms with Gasteiger partial charge in [-0.2, -0.15) is 0 Å². The monoisotopic (exact) mass is 251 g/mol. The molecule has 0 aliphatic heterocycles. The first kappa shape index (κ1) is 11.6. The second-order valence-electron chi connectivity index (χ2n) is 3.66. The van der Waals surface area contributed by atoms with E-state index < -0.39 is 0 Å². The zero-order valence-electron chi connectivity index (χ0n) is 9.08. The quantitative estimate of drug-likeness (QED) is 0.813. The largest absolute Gasteiger partial charge is 0.349 e. The van der Waals surface area contributed by atoms with E-state index in [1.807, 2.05) is 0 Å². The van der Waals surface area contributed by atoms with Gasteiger partial charge in [-0.25, -0.2) is 4.98 Å². The summed E-state index contributed by atoms with van der Waals surface area (Å²) in [6.45, 7) is 1.43. The maximum Gasteiger partial charge on any atom is 0.268 e. The van der Waals surface area contributed by atoms with Crippen molar-refractivity contribution in [2.45, 2.75) is 6.92 Å². The predicted octanol–water partition coefficient (Wildman–Crippen LogP) is 1.54. The van der Waals surface area contributed by atoms with E-state index in [9.17, 15) is 9.59 Å². The van der Waals surface area contributed by atoms with Crippen LogP contribution in [0.15, 0.2) is 18.3 Å². The van der Waals surface area contributed by atoms with Gasteiger partial charge in [0.2, 0.25) is 0 Å². The number of carbonyl (C=O) groups excluding carboxylic acids is 2. The summed E-state index contributed by atoms with van der Waals surface area (Å²) in [5.41, 5.74) is 1.10. The molecule has 0 aliphatic carbocycles. The standard InChI is InChI=1S/C11H10ClN3O2/c1-6(16)4-14-11(17)8-2-7-3-10(12)13-5-9(7)15-8/h2-3,5,15H,4H2,1H3,(H,14,17). The maximum atomic E-state index is 11.7. The van der Waals surface area contributed by atoms with Crippen LogP contribution in [-0.4, -0.2) is 28.2 Å². The number of hydrogen-bond acceptors (Lipinski definition) is 3. The third-order valence-corrected chi connectivity index (χ3v) is 2.42. The molecule has 0 atom stereocenters. The Hall–Kier alpha value is -1.88. The molecule has 0 fully saturated rings. The van der Waals surface area contributed by atoms with Crippen molar-refractivity contribution in [3.63, 3.8) is 0 Å². The van der Waals surface area contributed by atoms with Gasteiger partial charge in [-0.1, -0.05) is 11.6 Å². The van der Waals surface area contributed by atoms with E-state index in [0.29, 0.717) is 10.8 Å². The molecule has 2 aromatic rings. The Bertz CT molecular complexity index is 591. The molecule has 0 radical (unpaired) electrons. The first-order chi connectivity index (χ1) is 8.06. The second kappa shape index (κ2) is 4.55. The number of H-pyrrole nitrogens is 1. The predicted molar refractivity (Wildman–Crippen MR) is 64.1 cm³/mol. The number of nitrogens with zero attached hydrogens (tertiary/aromatic N) is 1. The summed E-state index contributed by atoms with van der Waals surface area (Å²) < 4.78 is 0. The molecule has 2 heterocycles. The van der Waals surface area contributed by atoms with Crippen molar-refractivity contribution in [2.75, 3.05) is 6.54 Å². The Balaban J connectivity index is 2.24. The third-order valence-electron chi connectivity index (χ3n) is 2.21. The minimum Gasteiger partial charge on any atom is -0.349 e. The highest BCUT2D eigenvalue weighted by Gasteiger charge is 2.10. The Morgan fingerprint density at radius 1 is 1.47 bits per heavy atom. The molecular formula is C11H10ClN3O2. The summed E-state index contributed by atoms with van der Waals surface area (Å²) in [5.74, 6) is -0.424. The molecule has 6 heteroatoms. The Morgan fingerprint density at radius 2 is 2.24 bits per heavy atom. The molecule has 17 heavy (non-hydrogen) atoms. The molecular weight excluding hydrogens is 242 g/mol. The summed E-state index contributed by atoms with van der Waals surface area (Å²) in [4.78, 5) is 29.2. The van der Waals surface area contributed by atoms with E-state index in [1.54, 1.807) is 18.3 Å². The molecule has 0 saturated carbocycles. The summed E-state index contributed by atoms with van der Waals surface area (Å²) >= 11 is 5.74. The topological polar surface area (TPSA) is 74.8 Å². The number of aromatic amines is 1. The fourth-order valence-corrected chi connectivity index (χ4v) is 1.59. The summed E-state index contributed by atoms with van der Waals surface area (Å²) in [5, 5.41) is 3.67. The van der Waals surface area contributed by atoms with Gasteiger partial charge < -0.3 is 10.3 Å². The lowest BCUT2D eigenvalue weighted by atomic mass is 10.3. The smallest absolute Gasteiger partial charge is 0.268 e. The van der Waals surface area contributed by atoms with Gasteiger partial charge in [0.05, 0.1) is 18.3 Å². The van der Waals surface area contributed by atoms with Crippen molar-refractivity contribution in [3.8, 4) is 0 Å². The van der Waals surface area contributed by atoms with E-state index in [1.165, 1.54) is 6.92 Å². The molecule has 0 bridgehead atoms. The highest BCUT2D eigenvalue weighted by molar-refractivity contribution is 6.30. The minimum absolute atomic E-state index is 0.0210. The molecule has 5 nitrogen and oxygen atoms in total. The number of halogens is 1. The molecule has 0 unspecified atom stereocenters. The van der Waals surface area contributed by atoms with Crippen LogP contribution in [0.3, 0.4) is 0 Å². The summed E-state index contributed by atoms with van der Waals surface area (Å²) in [6.07, 6.45) is 1.55. The number of aromatic nitrogens is 2. The molecule has 0 aromatic carbocycles. The number of hydrogen-bond donors (Lipinski definition) is 2. The zero-order chi connectivity index (χ0) is 12.4. The molecule has 0 spiro atoms. The van der Waals surface area contributed by atoms with Crippen molar-refractivity contribution in [1.82, 2.24) is 15.3 Å². The summed E-state index contributed by atoms with van der Waals surface area (Å²) in [6, 6.07) is 3.33. The van der Waals surface area contributed by atoms with Gasteiger partial charge in [-0.05, 0) is 19.1 Å². The van der Waals surface area contributed by atoms with Crippen molar-refractivity contribution in [1.29, 1.82) is 0 Å². The normalized spacial score (nSPS) is 10.5. The molecule has 2 aromatic heterocycles. The van der Waals surface area contributed by atoms with Crippen molar-refractivity contribution in [2.24, 2.45) is 0 Å². The van der Waals surface area contributed by atoms with Gasteiger partial charge in [0, 0.05) is 5.39 Å². The zero-order valence-corrected chi connectivity index (χ0v) is 9.84. The molecule has 0 aliphatic rings. The van der Waals surface area contributed by atoms with E-state index in [-0.39, 0.29) is 18.2 Å². The molecule has 2 rings (SSSR count).